The van der Waals surface area contributed by atoms with Crippen molar-refractivity contribution in [2.75, 3.05) is 6.54 Å². The van der Waals surface area contributed by atoms with Crippen LogP contribution in [0.15, 0.2) is 0 Å². The molecular formula is C6H11NO3Si. The average Bonchev–Trinajstić information content (AvgIpc) is 2.08. The van der Waals surface area contributed by atoms with Crippen molar-refractivity contribution in [3.05, 3.63) is 0 Å². The standard InChI is InChI=1S/C6H11NO3Si/c7-2-1-3-11(4-8,5-9)6-10/h4-6H,1-3,7H2. The zero-order valence-electron chi connectivity index (χ0n) is 6.16. The normalized spacial score (nSPS) is 10.6. The van der Waals surface area contributed by atoms with Gasteiger partial charge < -0.3 is 20.1 Å². The van der Waals surface area contributed by atoms with Crippen molar-refractivity contribution >= 4 is 25.8 Å². The summed E-state index contributed by atoms with van der Waals surface area (Å²) in [6.07, 6.45) is 0.558. The molecule has 0 aromatic carbocycles. The lowest BCUT2D eigenvalue weighted by atomic mass is 10.5. The summed E-state index contributed by atoms with van der Waals surface area (Å²) >= 11 is 0. The van der Waals surface area contributed by atoms with Gasteiger partial charge in [0.1, 0.15) is 17.7 Å². The summed E-state index contributed by atoms with van der Waals surface area (Å²) < 4.78 is 0. The van der Waals surface area contributed by atoms with Gasteiger partial charge in [-0.25, -0.2) is 0 Å². The van der Waals surface area contributed by atoms with Crippen LogP contribution < -0.4 is 5.73 Å². The van der Waals surface area contributed by atoms with Gasteiger partial charge in [-0.2, -0.15) is 0 Å². The van der Waals surface area contributed by atoms with E-state index >= 15 is 0 Å². The van der Waals surface area contributed by atoms with Gasteiger partial charge in [-0.1, -0.05) is 0 Å². The Labute approximate surface area is 65.8 Å². The number of hydrogen-bond donors (Lipinski definition) is 1. The van der Waals surface area contributed by atoms with Gasteiger partial charge in [0.25, 0.3) is 8.07 Å². The van der Waals surface area contributed by atoms with Gasteiger partial charge in [0.15, 0.2) is 0 Å². The minimum absolute atomic E-state index is 0.347. The predicted molar refractivity (Wildman–Crippen MR) is 44.5 cm³/mol. The topological polar surface area (TPSA) is 77.2 Å². The highest BCUT2D eigenvalue weighted by Gasteiger charge is 2.32. The molecule has 0 heterocycles. The molecule has 0 aromatic heterocycles. The monoisotopic (exact) mass is 173 g/mol. The van der Waals surface area contributed by atoms with E-state index in [1.165, 1.54) is 0 Å². The summed E-state index contributed by atoms with van der Waals surface area (Å²) in [5.74, 6) is 1.51. The van der Waals surface area contributed by atoms with Gasteiger partial charge in [0.2, 0.25) is 0 Å². The van der Waals surface area contributed by atoms with E-state index in [1.807, 2.05) is 0 Å². The van der Waals surface area contributed by atoms with E-state index in [4.69, 9.17) is 5.73 Å². The Kier molecular flexibility index (Phi) is 4.56. The van der Waals surface area contributed by atoms with Gasteiger partial charge in [-0.15, -0.1) is 0 Å². The molecule has 4 nitrogen and oxygen atoms in total. The molecule has 0 rings (SSSR count). The molecule has 0 fully saturated rings. The Bertz CT molecular complexity index is 138. The largest absolute Gasteiger partial charge is 0.330 e. The Morgan fingerprint density at radius 3 is 1.82 bits per heavy atom. The molecule has 0 radical (unpaired) electrons. The van der Waals surface area contributed by atoms with Crippen molar-refractivity contribution in [1.29, 1.82) is 0 Å². The number of rotatable bonds is 6. The lowest BCUT2D eigenvalue weighted by Crippen LogP contribution is -2.42. The second-order valence-corrected chi connectivity index (χ2v) is 5.79. The SMILES string of the molecule is NCCC[Si](C=O)(C=O)C=O. The van der Waals surface area contributed by atoms with Crippen molar-refractivity contribution in [3.63, 3.8) is 0 Å². The van der Waals surface area contributed by atoms with Gasteiger partial charge in [-0.05, 0) is 19.0 Å². The van der Waals surface area contributed by atoms with E-state index < -0.39 is 8.07 Å². The molecule has 0 aliphatic carbocycles. The smallest absolute Gasteiger partial charge is 0.267 e. The zero-order valence-corrected chi connectivity index (χ0v) is 7.16. The molecular weight excluding hydrogens is 162 g/mol. The van der Waals surface area contributed by atoms with Crippen LogP contribution in [-0.4, -0.2) is 32.3 Å². The average molecular weight is 173 g/mol. The maximum atomic E-state index is 10.4. The van der Waals surface area contributed by atoms with E-state index in [-0.39, 0.29) is 0 Å². The first kappa shape index (κ1) is 10.2. The van der Waals surface area contributed by atoms with E-state index in [9.17, 15) is 14.4 Å². The fourth-order valence-corrected chi connectivity index (χ4v) is 2.01. The first-order chi connectivity index (χ1) is 5.24. The van der Waals surface area contributed by atoms with Crippen LogP contribution in [0.2, 0.25) is 6.04 Å². The van der Waals surface area contributed by atoms with Crippen LogP contribution in [0.4, 0.5) is 0 Å². The summed E-state index contributed by atoms with van der Waals surface area (Å²) in [5, 5.41) is 0. The number of carbonyl (C=O) groups is 3. The van der Waals surface area contributed by atoms with Crippen molar-refractivity contribution in [1.82, 2.24) is 0 Å². The molecule has 5 heteroatoms. The molecule has 0 saturated heterocycles. The zero-order chi connectivity index (χ0) is 8.74. The van der Waals surface area contributed by atoms with Crippen LogP contribution in [0.5, 0.6) is 0 Å². The number of hydrogen-bond acceptors (Lipinski definition) is 4. The second-order valence-electron chi connectivity index (χ2n) is 2.36. The van der Waals surface area contributed by atoms with Crippen LogP contribution in [0.1, 0.15) is 6.42 Å². The van der Waals surface area contributed by atoms with Crippen molar-refractivity contribution in [2.45, 2.75) is 12.5 Å². The van der Waals surface area contributed by atoms with Gasteiger partial charge >= 0.3 is 0 Å². The Hall–Kier alpha value is -0.813. The third kappa shape index (κ3) is 2.73. The highest BCUT2D eigenvalue weighted by Crippen LogP contribution is 2.02. The molecule has 0 saturated carbocycles. The highest BCUT2D eigenvalue weighted by atomic mass is 28.3. The van der Waals surface area contributed by atoms with Crippen LogP contribution in [0, 0.1) is 0 Å². The van der Waals surface area contributed by atoms with Crippen LogP contribution in [0.3, 0.4) is 0 Å². The van der Waals surface area contributed by atoms with E-state index in [1.54, 1.807) is 0 Å². The highest BCUT2D eigenvalue weighted by molar-refractivity contribution is 7.32. The van der Waals surface area contributed by atoms with E-state index in [0.29, 0.717) is 36.7 Å². The molecule has 0 aliphatic heterocycles. The molecule has 62 valence electrons. The number of carbonyl (C=O) groups excluding carboxylic acids is 3. The van der Waals surface area contributed by atoms with Crippen molar-refractivity contribution < 1.29 is 14.4 Å². The molecule has 0 spiro atoms. The summed E-state index contributed by atoms with van der Waals surface area (Å²) in [5.41, 5.74) is 5.17. The lowest BCUT2D eigenvalue weighted by molar-refractivity contribution is 0.556. The Morgan fingerprint density at radius 2 is 1.55 bits per heavy atom. The molecule has 0 amide bonds. The first-order valence-electron chi connectivity index (χ1n) is 3.33. The fraction of sp³-hybridized carbons (Fsp3) is 0.500. The Balaban J connectivity index is 4.16. The maximum Gasteiger partial charge on any atom is 0.267 e. The van der Waals surface area contributed by atoms with Crippen molar-refractivity contribution in [2.24, 2.45) is 5.73 Å². The molecule has 0 bridgehead atoms. The second kappa shape index (κ2) is 4.92. The van der Waals surface area contributed by atoms with Crippen LogP contribution >= 0.6 is 0 Å². The van der Waals surface area contributed by atoms with Crippen molar-refractivity contribution in [3.8, 4) is 0 Å². The predicted octanol–water partition coefficient (Wildman–Crippen LogP) is -0.900. The van der Waals surface area contributed by atoms with Gasteiger partial charge in [0.05, 0.1) is 0 Å². The Morgan fingerprint density at radius 1 is 1.09 bits per heavy atom. The quantitative estimate of drug-likeness (QED) is 0.417. The molecule has 11 heavy (non-hydrogen) atoms. The van der Waals surface area contributed by atoms with Gasteiger partial charge in [-0.3, -0.25) is 0 Å². The minimum Gasteiger partial charge on any atom is -0.330 e. The molecule has 0 aromatic rings. The number of nitrogens with two attached hydrogens (primary N) is 1. The summed E-state index contributed by atoms with van der Waals surface area (Å²) in [6.45, 7) is 0.407. The van der Waals surface area contributed by atoms with E-state index in [2.05, 4.69) is 0 Å². The summed E-state index contributed by atoms with van der Waals surface area (Å²) in [7, 11) is -2.86. The third-order valence-electron chi connectivity index (χ3n) is 1.47. The van der Waals surface area contributed by atoms with E-state index in [0.717, 1.165) is 0 Å². The van der Waals surface area contributed by atoms with Gasteiger partial charge in [0, 0.05) is 0 Å². The third-order valence-corrected chi connectivity index (χ3v) is 4.01. The molecule has 0 atom stereocenters. The van der Waals surface area contributed by atoms with Crippen LogP contribution in [-0.2, 0) is 14.4 Å². The lowest BCUT2D eigenvalue weighted by Gasteiger charge is -2.07. The molecule has 0 aliphatic rings. The van der Waals surface area contributed by atoms with Crippen LogP contribution in [0.25, 0.3) is 0 Å². The molecule has 2 N–H and O–H groups in total. The summed E-state index contributed by atoms with van der Waals surface area (Å²) in [4.78, 5) is 31.1. The summed E-state index contributed by atoms with van der Waals surface area (Å²) in [6, 6.07) is 0.347. The minimum atomic E-state index is -2.86. The maximum absolute atomic E-state index is 10.4. The fourth-order valence-electron chi connectivity index (χ4n) is 0.668. The molecule has 0 unspecified atom stereocenters. The first-order valence-corrected chi connectivity index (χ1v) is 5.77.